The van der Waals surface area contributed by atoms with Crippen molar-refractivity contribution in [3.63, 3.8) is 0 Å². The molecule has 0 spiro atoms. The third-order valence-corrected chi connectivity index (χ3v) is 1.22. The highest BCUT2D eigenvalue weighted by Crippen LogP contribution is 1.85. The molecule has 0 aliphatic rings. The fourth-order valence-corrected chi connectivity index (χ4v) is 0.656. The Morgan fingerprint density at radius 2 is 2.40 bits per heavy atom. The molecule has 0 aromatic rings. The normalized spacial score (nSPS) is 12.5. The Hall–Kier alpha value is -0.520. The van der Waals surface area contributed by atoms with Crippen molar-refractivity contribution in [3.8, 4) is 12.3 Å². The highest BCUT2D eigenvalue weighted by atomic mass is 16.5. The van der Waals surface area contributed by atoms with Crippen molar-refractivity contribution in [2.24, 2.45) is 0 Å². The highest BCUT2D eigenvalue weighted by Gasteiger charge is 1.95. The summed E-state index contributed by atoms with van der Waals surface area (Å²) in [6.45, 7) is 3.68. The van der Waals surface area contributed by atoms with Crippen molar-refractivity contribution < 1.29 is 4.74 Å². The van der Waals surface area contributed by atoms with E-state index < -0.39 is 0 Å². The number of ether oxygens (including phenoxy) is 1. The van der Waals surface area contributed by atoms with Crippen molar-refractivity contribution in [1.29, 1.82) is 0 Å². The van der Waals surface area contributed by atoms with E-state index in [-0.39, 0.29) is 0 Å². The summed E-state index contributed by atoms with van der Waals surface area (Å²) in [4.78, 5) is 0. The summed E-state index contributed by atoms with van der Waals surface area (Å²) in [5, 5.41) is 3.22. The van der Waals surface area contributed by atoms with E-state index in [0.717, 1.165) is 19.6 Å². The molecule has 0 bridgehead atoms. The number of hydrogen-bond acceptors (Lipinski definition) is 2. The first-order valence-corrected chi connectivity index (χ1v) is 3.47. The minimum absolute atomic E-state index is 0.403. The molecule has 0 aromatic carbocycles. The fraction of sp³-hybridized carbons (Fsp3) is 0.750. The summed E-state index contributed by atoms with van der Waals surface area (Å²) < 4.78 is 4.86. The summed E-state index contributed by atoms with van der Waals surface area (Å²) in [6, 6.07) is 0.403. The van der Waals surface area contributed by atoms with E-state index in [4.69, 9.17) is 11.2 Å². The topological polar surface area (TPSA) is 21.3 Å². The lowest BCUT2D eigenvalue weighted by Crippen LogP contribution is -2.28. The van der Waals surface area contributed by atoms with Crippen LogP contribution in [0.3, 0.4) is 0 Å². The Labute approximate surface area is 63.0 Å². The van der Waals surface area contributed by atoms with Gasteiger partial charge in [0, 0.05) is 26.1 Å². The molecule has 0 saturated heterocycles. The molecule has 10 heavy (non-hydrogen) atoms. The van der Waals surface area contributed by atoms with Gasteiger partial charge in [0.25, 0.3) is 0 Å². The van der Waals surface area contributed by atoms with Crippen LogP contribution in [-0.4, -0.2) is 26.3 Å². The molecule has 58 valence electrons. The maximum atomic E-state index is 5.11. The van der Waals surface area contributed by atoms with Crippen LogP contribution < -0.4 is 5.32 Å². The average molecular weight is 141 g/mol. The molecule has 0 rings (SSSR count). The second-order valence-corrected chi connectivity index (χ2v) is 2.26. The molecule has 1 N–H and O–H groups in total. The molecule has 1 unspecified atom stereocenters. The van der Waals surface area contributed by atoms with Gasteiger partial charge in [-0.2, -0.15) is 0 Å². The Balaban J connectivity index is 3.06. The van der Waals surface area contributed by atoms with Gasteiger partial charge in [0.05, 0.1) is 6.61 Å². The number of rotatable bonds is 5. The van der Waals surface area contributed by atoms with Gasteiger partial charge in [-0.25, -0.2) is 0 Å². The van der Waals surface area contributed by atoms with E-state index in [1.807, 2.05) is 0 Å². The number of terminal acetylenes is 1. The summed E-state index contributed by atoms with van der Waals surface area (Å²) in [5.74, 6) is 2.59. The van der Waals surface area contributed by atoms with Crippen molar-refractivity contribution in [2.45, 2.75) is 19.4 Å². The van der Waals surface area contributed by atoms with Gasteiger partial charge in [-0.3, -0.25) is 0 Å². The van der Waals surface area contributed by atoms with E-state index in [0.29, 0.717) is 6.04 Å². The molecule has 0 aromatic heterocycles. The van der Waals surface area contributed by atoms with E-state index in [2.05, 4.69) is 18.2 Å². The van der Waals surface area contributed by atoms with Crippen molar-refractivity contribution >= 4 is 0 Å². The lowest BCUT2D eigenvalue weighted by molar-refractivity contribution is 0.196. The molecule has 1 atom stereocenters. The zero-order chi connectivity index (χ0) is 7.82. The van der Waals surface area contributed by atoms with Crippen LogP contribution in [0.5, 0.6) is 0 Å². The summed E-state index contributed by atoms with van der Waals surface area (Å²) in [5.41, 5.74) is 0. The Kier molecular flexibility index (Phi) is 6.25. The molecule has 0 aliphatic carbocycles. The van der Waals surface area contributed by atoms with Crippen molar-refractivity contribution in [3.05, 3.63) is 0 Å². The first-order chi connectivity index (χ1) is 4.81. The largest absolute Gasteiger partial charge is 0.383 e. The SMILES string of the molecule is C#CCC(C)NCCOC. The predicted molar refractivity (Wildman–Crippen MR) is 42.8 cm³/mol. The third-order valence-electron chi connectivity index (χ3n) is 1.22. The zero-order valence-corrected chi connectivity index (χ0v) is 6.68. The maximum Gasteiger partial charge on any atom is 0.0587 e. The van der Waals surface area contributed by atoms with Crippen LogP contribution >= 0.6 is 0 Å². The molecule has 0 radical (unpaired) electrons. The van der Waals surface area contributed by atoms with Crippen LogP contribution in [0.2, 0.25) is 0 Å². The zero-order valence-electron chi connectivity index (χ0n) is 6.68. The van der Waals surface area contributed by atoms with Gasteiger partial charge in [0.1, 0.15) is 0 Å². The minimum Gasteiger partial charge on any atom is -0.383 e. The van der Waals surface area contributed by atoms with E-state index >= 15 is 0 Å². The quantitative estimate of drug-likeness (QED) is 0.448. The van der Waals surface area contributed by atoms with E-state index in [9.17, 15) is 0 Å². The lowest BCUT2D eigenvalue weighted by atomic mass is 10.2. The second kappa shape index (κ2) is 6.60. The lowest BCUT2D eigenvalue weighted by Gasteiger charge is -2.08. The van der Waals surface area contributed by atoms with Crippen molar-refractivity contribution in [1.82, 2.24) is 5.32 Å². The van der Waals surface area contributed by atoms with E-state index in [1.54, 1.807) is 7.11 Å². The van der Waals surface area contributed by atoms with Crippen molar-refractivity contribution in [2.75, 3.05) is 20.3 Å². The van der Waals surface area contributed by atoms with Crippen LogP contribution in [-0.2, 0) is 4.74 Å². The molecule has 0 heterocycles. The summed E-state index contributed by atoms with van der Waals surface area (Å²) in [6.07, 6.45) is 5.89. The number of methoxy groups -OCH3 is 1. The van der Waals surface area contributed by atoms with Crippen LogP contribution in [0, 0.1) is 12.3 Å². The number of nitrogens with one attached hydrogen (secondary N) is 1. The Morgan fingerprint density at radius 3 is 2.90 bits per heavy atom. The van der Waals surface area contributed by atoms with Crippen LogP contribution in [0.25, 0.3) is 0 Å². The second-order valence-electron chi connectivity index (χ2n) is 2.26. The van der Waals surface area contributed by atoms with E-state index in [1.165, 1.54) is 0 Å². The first kappa shape index (κ1) is 9.48. The molecular formula is C8H15NO. The average Bonchev–Trinajstić information content (AvgIpc) is 1.89. The smallest absolute Gasteiger partial charge is 0.0587 e. The van der Waals surface area contributed by atoms with Gasteiger partial charge in [-0.1, -0.05) is 0 Å². The summed E-state index contributed by atoms with van der Waals surface area (Å²) >= 11 is 0. The van der Waals surface area contributed by atoms with Gasteiger partial charge in [0.15, 0.2) is 0 Å². The molecule has 2 heteroatoms. The van der Waals surface area contributed by atoms with Crippen LogP contribution in [0.4, 0.5) is 0 Å². The van der Waals surface area contributed by atoms with Crippen LogP contribution in [0.1, 0.15) is 13.3 Å². The third kappa shape index (κ3) is 5.61. The van der Waals surface area contributed by atoms with Gasteiger partial charge in [-0.05, 0) is 6.92 Å². The molecule has 0 fully saturated rings. The first-order valence-electron chi connectivity index (χ1n) is 3.47. The monoisotopic (exact) mass is 141 g/mol. The highest BCUT2D eigenvalue weighted by molar-refractivity contribution is 4.87. The molecule has 0 amide bonds. The van der Waals surface area contributed by atoms with Gasteiger partial charge >= 0.3 is 0 Å². The Bertz CT molecular complexity index is 106. The standard InChI is InChI=1S/C8H15NO/c1-4-5-8(2)9-6-7-10-3/h1,8-9H,5-7H2,2-3H3. The van der Waals surface area contributed by atoms with Gasteiger partial charge < -0.3 is 10.1 Å². The molecule has 2 nitrogen and oxygen atoms in total. The molecular weight excluding hydrogens is 126 g/mol. The summed E-state index contributed by atoms with van der Waals surface area (Å²) in [7, 11) is 1.69. The Morgan fingerprint density at radius 1 is 1.70 bits per heavy atom. The maximum absolute atomic E-state index is 5.11. The fourth-order valence-electron chi connectivity index (χ4n) is 0.656. The molecule has 0 saturated carbocycles. The number of hydrogen-bond donors (Lipinski definition) is 1. The van der Waals surface area contributed by atoms with Gasteiger partial charge in [-0.15, -0.1) is 12.3 Å². The van der Waals surface area contributed by atoms with Gasteiger partial charge in [0.2, 0.25) is 0 Å². The van der Waals surface area contributed by atoms with Crippen LogP contribution in [0.15, 0.2) is 0 Å². The predicted octanol–water partition coefficient (Wildman–Crippen LogP) is 0.634. The minimum atomic E-state index is 0.403. The molecule has 0 aliphatic heterocycles.